The number of thioether (sulfide) groups is 1. The molecule has 8 heteroatoms. The van der Waals surface area contributed by atoms with Gasteiger partial charge in [0.05, 0.1) is 11.9 Å². The molecule has 0 aromatic heterocycles. The summed E-state index contributed by atoms with van der Waals surface area (Å²) in [5, 5.41) is 3.62. The number of hydrogen-bond donors (Lipinski definition) is 1. The van der Waals surface area contributed by atoms with Gasteiger partial charge >= 0.3 is 0 Å². The van der Waals surface area contributed by atoms with Gasteiger partial charge in [-0.2, -0.15) is 11.8 Å². The maximum Gasteiger partial charge on any atom is 0.251 e. The van der Waals surface area contributed by atoms with Crippen LogP contribution in [-0.2, 0) is 15.8 Å². The molecule has 1 amide bonds. The Balaban J connectivity index is 1.81. The van der Waals surface area contributed by atoms with Crippen LogP contribution < -0.4 is 9.62 Å². The van der Waals surface area contributed by atoms with Crippen molar-refractivity contribution < 1.29 is 13.2 Å². The van der Waals surface area contributed by atoms with E-state index in [1.165, 1.54) is 4.31 Å². The highest BCUT2D eigenvalue weighted by Gasteiger charge is 2.15. The Bertz CT molecular complexity index is 871. The molecular weight excluding hydrogens is 404 g/mol. The maximum atomic E-state index is 12.2. The van der Waals surface area contributed by atoms with E-state index in [9.17, 15) is 13.2 Å². The van der Waals surface area contributed by atoms with Crippen LogP contribution in [0, 0.1) is 0 Å². The zero-order valence-corrected chi connectivity index (χ0v) is 17.7. The lowest BCUT2D eigenvalue weighted by molar-refractivity contribution is 0.0956. The van der Waals surface area contributed by atoms with E-state index >= 15 is 0 Å². The number of rotatable bonds is 9. The normalized spacial score (nSPS) is 11.2. The summed E-state index contributed by atoms with van der Waals surface area (Å²) in [5.41, 5.74) is 2.13. The molecule has 2 aromatic carbocycles. The quantitative estimate of drug-likeness (QED) is 0.619. The summed E-state index contributed by atoms with van der Waals surface area (Å²) < 4.78 is 24.8. The fourth-order valence-electron chi connectivity index (χ4n) is 2.52. The highest BCUT2D eigenvalue weighted by atomic mass is 35.5. The van der Waals surface area contributed by atoms with E-state index in [4.69, 9.17) is 11.6 Å². The third kappa shape index (κ3) is 6.45. The van der Waals surface area contributed by atoms with E-state index in [1.807, 2.05) is 24.3 Å². The molecular formula is C19H23ClN2O3S2. The molecule has 0 saturated heterocycles. The summed E-state index contributed by atoms with van der Waals surface area (Å²) in [6.45, 7) is 2.65. The molecule has 0 unspecified atom stereocenters. The number of amides is 1. The molecule has 5 nitrogen and oxygen atoms in total. The SMILES string of the molecule is CCN(c1ccc(C(=O)NCCSCc2ccccc2Cl)cc1)S(C)(=O)=O. The van der Waals surface area contributed by atoms with Crippen LogP contribution >= 0.6 is 23.4 Å². The summed E-state index contributed by atoms with van der Waals surface area (Å²) in [6.07, 6.45) is 1.16. The number of carbonyl (C=O) groups is 1. The number of carbonyl (C=O) groups excluding carboxylic acids is 1. The van der Waals surface area contributed by atoms with E-state index in [0.717, 1.165) is 28.3 Å². The van der Waals surface area contributed by atoms with Gasteiger partial charge in [-0.15, -0.1) is 0 Å². The monoisotopic (exact) mass is 426 g/mol. The Morgan fingerprint density at radius 3 is 2.41 bits per heavy atom. The second-order valence-electron chi connectivity index (χ2n) is 5.87. The molecule has 1 N–H and O–H groups in total. The van der Waals surface area contributed by atoms with Crippen molar-refractivity contribution in [1.29, 1.82) is 0 Å². The summed E-state index contributed by atoms with van der Waals surface area (Å²) in [4.78, 5) is 12.2. The van der Waals surface area contributed by atoms with Gasteiger partial charge in [0.15, 0.2) is 0 Å². The van der Waals surface area contributed by atoms with Crippen LogP contribution in [0.4, 0.5) is 5.69 Å². The minimum Gasteiger partial charge on any atom is -0.351 e. The molecule has 27 heavy (non-hydrogen) atoms. The smallest absolute Gasteiger partial charge is 0.251 e. The molecule has 0 aliphatic heterocycles. The van der Waals surface area contributed by atoms with Crippen LogP contribution in [0.1, 0.15) is 22.8 Å². The molecule has 0 radical (unpaired) electrons. The first kappa shape index (κ1) is 21.6. The van der Waals surface area contributed by atoms with Gasteiger partial charge in [0.2, 0.25) is 10.0 Å². The Kier molecular flexibility index (Phi) is 8.01. The third-order valence-electron chi connectivity index (χ3n) is 3.85. The average Bonchev–Trinajstić information content (AvgIpc) is 2.62. The van der Waals surface area contributed by atoms with E-state index in [1.54, 1.807) is 43.0 Å². The second-order valence-corrected chi connectivity index (χ2v) is 9.29. The van der Waals surface area contributed by atoms with Gasteiger partial charge in [-0.1, -0.05) is 29.8 Å². The van der Waals surface area contributed by atoms with Crippen molar-refractivity contribution >= 4 is 45.0 Å². The fourth-order valence-corrected chi connectivity index (χ4v) is 4.64. The molecule has 146 valence electrons. The number of nitrogens with zero attached hydrogens (tertiary/aromatic N) is 1. The Morgan fingerprint density at radius 2 is 1.81 bits per heavy atom. The molecule has 0 atom stereocenters. The second kappa shape index (κ2) is 10.0. The van der Waals surface area contributed by atoms with Crippen LogP contribution in [0.2, 0.25) is 5.02 Å². The lowest BCUT2D eigenvalue weighted by Gasteiger charge is -2.20. The molecule has 0 fully saturated rings. The van der Waals surface area contributed by atoms with Crippen molar-refractivity contribution in [3.05, 3.63) is 64.7 Å². The van der Waals surface area contributed by atoms with Crippen LogP contribution in [0.25, 0.3) is 0 Å². The van der Waals surface area contributed by atoms with E-state index in [0.29, 0.717) is 24.3 Å². The minimum atomic E-state index is -3.33. The summed E-state index contributed by atoms with van der Waals surface area (Å²) in [6, 6.07) is 14.3. The van der Waals surface area contributed by atoms with Crippen LogP contribution in [0.15, 0.2) is 48.5 Å². The van der Waals surface area contributed by atoms with Crippen molar-refractivity contribution in [2.24, 2.45) is 0 Å². The molecule has 2 rings (SSSR count). The van der Waals surface area contributed by atoms with E-state index in [2.05, 4.69) is 5.32 Å². The maximum absolute atomic E-state index is 12.2. The summed E-state index contributed by atoms with van der Waals surface area (Å²) in [7, 11) is -3.33. The molecule has 2 aromatic rings. The van der Waals surface area contributed by atoms with Gasteiger partial charge < -0.3 is 5.32 Å². The number of sulfonamides is 1. The first-order valence-corrected chi connectivity index (χ1v) is 11.9. The molecule has 0 spiro atoms. The summed E-state index contributed by atoms with van der Waals surface area (Å²) >= 11 is 7.81. The highest BCUT2D eigenvalue weighted by Crippen LogP contribution is 2.20. The number of halogens is 1. The number of anilines is 1. The van der Waals surface area contributed by atoms with Crippen molar-refractivity contribution in [3.63, 3.8) is 0 Å². The van der Waals surface area contributed by atoms with Gasteiger partial charge in [0.1, 0.15) is 0 Å². The topological polar surface area (TPSA) is 66.5 Å². The first-order valence-electron chi connectivity index (χ1n) is 8.50. The summed E-state index contributed by atoms with van der Waals surface area (Å²) in [5.74, 6) is 1.39. The number of benzene rings is 2. The van der Waals surface area contributed by atoms with Crippen molar-refractivity contribution in [2.45, 2.75) is 12.7 Å². The minimum absolute atomic E-state index is 0.178. The Labute approximate surface area is 170 Å². The highest BCUT2D eigenvalue weighted by molar-refractivity contribution is 7.98. The largest absolute Gasteiger partial charge is 0.351 e. The Morgan fingerprint density at radius 1 is 1.15 bits per heavy atom. The predicted molar refractivity (Wildman–Crippen MR) is 114 cm³/mol. The van der Waals surface area contributed by atoms with Crippen molar-refractivity contribution in [3.8, 4) is 0 Å². The first-order chi connectivity index (χ1) is 12.8. The lowest BCUT2D eigenvalue weighted by atomic mass is 10.2. The molecule has 0 bridgehead atoms. The van der Waals surface area contributed by atoms with E-state index in [-0.39, 0.29) is 5.91 Å². The molecule has 0 saturated carbocycles. The molecule has 0 aliphatic carbocycles. The predicted octanol–water partition coefficient (Wildman–Crippen LogP) is 3.79. The zero-order valence-electron chi connectivity index (χ0n) is 15.3. The number of hydrogen-bond acceptors (Lipinski definition) is 4. The standard InChI is InChI=1S/C19H23ClN2O3S2/c1-3-22(27(2,24)25)17-10-8-15(9-11-17)19(23)21-12-13-26-14-16-6-4-5-7-18(16)20/h4-11H,3,12-14H2,1-2H3,(H,21,23). The lowest BCUT2D eigenvalue weighted by Crippen LogP contribution is -2.29. The van der Waals surface area contributed by atoms with Gasteiger partial charge in [-0.05, 0) is 42.8 Å². The van der Waals surface area contributed by atoms with Crippen LogP contribution in [0.3, 0.4) is 0 Å². The van der Waals surface area contributed by atoms with Crippen molar-refractivity contribution in [1.82, 2.24) is 5.32 Å². The zero-order chi connectivity index (χ0) is 19.9. The van der Waals surface area contributed by atoms with Gasteiger partial charge in [0.25, 0.3) is 5.91 Å². The number of nitrogens with one attached hydrogen (secondary N) is 1. The van der Waals surface area contributed by atoms with Crippen molar-refractivity contribution in [2.75, 3.05) is 29.4 Å². The van der Waals surface area contributed by atoms with Crippen LogP contribution in [-0.4, -0.2) is 39.4 Å². The average molecular weight is 427 g/mol. The fraction of sp³-hybridized carbons (Fsp3) is 0.316. The Hall–Kier alpha value is -1.70. The molecule has 0 aliphatic rings. The van der Waals surface area contributed by atoms with Crippen LogP contribution in [0.5, 0.6) is 0 Å². The third-order valence-corrected chi connectivity index (χ3v) is 6.50. The van der Waals surface area contributed by atoms with Gasteiger partial charge in [-0.25, -0.2) is 8.42 Å². The molecule has 0 heterocycles. The van der Waals surface area contributed by atoms with Gasteiger partial charge in [-0.3, -0.25) is 9.10 Å². The van der Waals surface area contributed by atoms with Gasteiger partial charge in [0, 0.05) is 35.2 Å². The van der Waals surface area contributed by atoms with E-state index < -0.39 is 10.0 Å².